The van der Waals surface area contributed by atoms with Crippen molar-refractivity contribution in [1.82, 2.24) is 9.66 Å². The molecule has 5 aromatic rings. The highest BCUT2D eigenvalue weighted by molar-refractivity contribution is 9.10. The first kappa shape index (κ1) is 24.2. The van der Waals surface area contributed by atoms with Crippen molar-refractivity contribution in [3.05, 3.63) is 105 Å². The van der Waals surface area contributed by atoms with Crippen LogP contribution < -0.4 is 19.8 Å². The van der Waals surface area contributed by atoms with Gasteiger partial charge in [0.25, 0.3) is 5.56 Å². The van der Waals surface area contributed by atoms with Crippen molar-refractivity contribution in [3.63, 3.8) is 0 Å². The Morgan fingerprint density at radius 3 is 2.79 bits per heavy atom. The zero-order valence-corrected chi connectivity index (χ0v) is 22.3. The summed E-state index contributed by atoms with van der Waals surface area (Å²) in [5.41, 5.74) is 2.19. The van der Waals surface area contributed by atoms with Crippen LogP contribution in [0, 0.1) is 0 Å². The maximum Gasteiger partial charge on any atom is 0.282 e. The number of aromatic nitrogens is 2. The topological polar surface area (TPSA) is 74.9 Å². The summed E-state index contributed by atoms with van der Waals surface area (Å²) in [6.07, 6.45) is 3.16. The molecule has 0 atom stereocenters. The van der Waals surface area contributed by atoms with Crippen molar-refractivity contribution < 1.29 is 14.2 Å². The summed E-state index contributed by atoms with van der Waals surface area (Å²) in [5, 5.41) is 7.20. The van der Waals surface area contributed by atoms with Crippen LogP contribution in [0.25, 0.3) is 21.7 Å². The highest BCUT2D eigenvalue weighted by atomic mass is 79.9. The van der Waals surface area contributed by atoms with Gasteiger partial charge >= 0.3 is 0 Å². The van der Waals surface area contributed by atoms with Gasteiger partial charge in [-0.3, -0.25) is 4.79 Å². The van der Waals surface area contributed by atoms with Gasteiger partial charge in [0.15, 0.2) is 11.5 Å². The smallest absolute Gasteiger partial charge is 0.282 e. The average molecular weight is 570 g/mol. The Kier molecular flexibility index (Phi) is 6.55. The van der Waals surface area contributed by atoms with Crippen molar-refractivity contribution in [3.8, 4) is 17.2 Å². The predicted octanol–water partition coefficient (Wildman–Crippen LogP) is 6.45. The van der Waals surface area contributed by atoms with E-state index in [1.165, 1.54) is 4.68 Å². The number of fused-ring (bicyclic) bond motifs is 3. The van der Waals surface area contributed by atoms with Crippen molar-refractivity contribution in [2.24, 2.45) is 5.10 Å². The third-order valence-electron chi connectivity index (χ3n) is 6.41. The molecule has 0 saturated heterocycles. The van der Waals surface area contributed by atoms with E-state index in [0.29, 0.717) is 41.3 Å². The van der Waals surface area contributed by atoms with Gasteiger partial charge < -0.3 is 14.2 Å². The fourth-order valence-corrected chi connectivity index (χ4v) is 4.90. The van der Waals surface area contributed by atoms with Gasteiger partial charge in [-0.25, -0.2) is 4.98 Å². The van der Waals surface area contributed by atoms with Crippen LogP contribution in [-0.2, 0) is 13.0 Å². The van der Waals surface area contributed by atoms with Crippen LogP contribution in [0.5, 0.6) is 17.2 Å². The zero-order chi connectivity index (χ0) is 26.1. The number of aryl methyl sites for hydroxylation is 1. The molecule has 6 rings (SSSR count). The number of nitrogens with zero attached hydrogens (tertiary/aromatic N) is 3. The summed E-state index contributed by atoms with van der Waals surface area (Å²) in [5.74, 6) is 2.72. The van der Waals surface area contributed by atoms with Gasteiger partial charge in [-0.15, -0.1) is 0 Å². The molecular formula is C30H24BrN3O4. The van der Waals surface area contributed by atoms with Crippen LogP contribution in [0.3, 0.4) is 0 Å². The SMILES string of the molecule is CCCc1nc2ccc(Br)cc2c(=O)n1N=Cc1c(OCc2ccc3c(c2)OCO3)ccc2ccccc12. The van der Waals surface area contributed by atoms with E-state index in [1.807, 2.05) is 66.7 Å². The van der Waals surface area contributed by atoms with Crippen LogP contribution in [0.15, 0.2) is 87.2 Å². The summed E-state index contributed by atoms with van der Waals surface area (Å²) in [7, 11) is 0. The van der Waals surface area contributed by atoms with Crippen LogP contribution in [0.2, 0.25) is 0 Å². The summed E-state index contributed by atoms with van der Waals surface area (Å²) < 4.78 is 19.4. The first-order valence-electron chi connectivity index (χ1n) is 12.4. The molecule has 0 bridgehead atoms. The monoisotopic (exact) mass is 569 g/mol. The van der Waals surface area contributed by atoms with Gasteiger partial charge in [-0.05, 0) is 59.2 Å². The molecule has 190 valence electrons. The molecule has 0 saturated carbocycles. The molecule has 1 aliphatic rings. The van der Waals surface area contributed by atoms with Crippen LogP contribution >= 0.6 is 15.9 Å². The quantitative estimate of drug-likeness (QED) is 0.210. The normalized spacial score (nSPS) is 12.6. The molecule has 1 aliphatic heterocycles. The molecule has 0 radical (unpaired) electrons. The Hall–Kier alpha value is -4.17. The molecule has 0 fully saturated rings. The molecule has 0 N–H and O–H groups in total. The molecule has 2 heterocycles. The van der Waals surface area contributed by atoms with Gasteiger partial charge in [0.05, 0.1) is 17.1 Å². The van der Waals surface area contributed by atoms with E-state index in [1.54, 1.807) is 12.3 Å². The first-order valence-corrected chi connectivity index (χ1v) is 13.2. The fraction of sp³-hybridized carbons (Fsp3) is 0.167. The Morgan fingerprint density at radius 1 is 1.03 bits per heavy atom. The van der Waals surface area contributed by atoms with Crippen molar-refractivity contribution in [1.29, 1.82) is 0 Å². The number of rotatable bonds is 7. The molecular weight excluding hydrogens is 546 g/mol. The van der Waals surface area contributed by atoms with E-state index < -0.39 is 0 Å². The standard InChI is InChI=1S/C30H24BrN3O4/c1-2-5-29-33-25-11-10-21(31)15-23(25)30(35)34(29)32-16-24-22-7-4-3-6-20(22)9-13-26(24)36-17-19-8-12-27-28(14-19)38-18-37-27/h3-4,6-16H,2,5,17-18H2,1H3. The van der Waals surface area contributed by atoms with E-state index >= 15 is 0 Å². The number of halogens is 1. The average Bonchev–Trinajstić information content (AvgIpc) is 3.41. The largest absolute Gasteiger partial charge is 0.488 e. The third kappa shape index (κ3) is 4.63. The molecule has 0 unspecified atom stereocenters. The Morgan fingerprint density at radius 2 is 1.89 bits per heavy atom. The number of ether oxygens (including phenoxy) is 3. The van der Waals surface area contributed by atoms with Crippen molar-refractivity contribution >= 4 is 43.8 Å². The first-order chi connectivity index (χ1) is 18.6. The van der Waals surface area contributed by atoms with E-state index in [4.69, 9.17) is 19.2 Å². The molecule has 0 amide bonds. The second-order valence-electron chi connectivity index (χ2n) is 8.98. The van der Waals surface area contributed by atoms with Gasteiger partial charge in [0.1, 0.15) is 18.2 Å². The number of hydrogen-bond acceptors (Lipinski definition) is 6. The molecule has 7 nitrogen and oxygen atoms in total. The molecule has 0 aliphatic carbocycles. The van der Waals surface area contributed by atoms with Gasteiger partial charge in [0.2, 0.25) is 6.79 Å². The summed E-state index contributed by atoms with van der Waals surface area (Å²) in [6, 6.07) is 23.3. The van der Waals surface area contributed by atoms with Gasteiger partial charge in [-0.2, -0.15) is 9.78 Å². The Labute approximate surface area is 227 Å². The molecule has 8 heteroatoms. The fourth-order valence-electron chi connectivity index (χ4n) is 4.54. The predicted molar refractivity (Wildman–Crippen MR) is 152 cm³/mol. The second kappa shape index (κ2) is 10.3. The highest BCUT2D eigenvalue weighted by Crippen LogP contribution is 2.33. The highest BCUT2D eigenvalue weighted by Gasteiger charge is 2.15. The van der Waals surface area contributed by atoms with Crippen molar-refractivity contribution in [2.45, 2.75) is 26.4 Å². The molecule has 38 heavy (non-hydrogen) atoms. The summed E-state index contributed by atoms with van der Waals surface area (Å²) >= 11 is 3.46. The van der Waals surface area contributed by atoms with Crippen LogP contribution in [0.1, 0.15) is 30.3 Å². The summed E-state index contributed by atoms with van der Waals surface area (Å²) in [4.78, 5) is 18.2. The minimum atomic E-state index is -0.209. The lowest BCUT2D eigenvalue weighted by Crippen LogP contribution is -2.22. The van der Waals surface area contributed by atoms with E-state index in [0.717, 1.165) is 38.5 Å². The third-order valence-corrected chi connectivity index (χ3v) is 6.91. The van der Waals surface area contributed by atoms with Gasteiger partial charge in [-0.1, -0.05) is 59.3 Å². The number of benzene rings is 4. The maximum absolute atomic E-state index is 13.5. The van der Waals surface area contributed by atoms with E-state index in [9.17, 15) is 4.79 Å². The maximum atomic E-state index is 13.5. The zero-order valence-electron chi connectivity index (χ0n) is 20.7. The molecule has 0 spiro atoms. The lowest BCUT2D eigenvalue weighted by molar-refractivity contribution is 0.174. The molecule has 4 aromatic carbocycles. The Balaban J connectivity index is 1.41. The minimum Gasteiger partial charge on any atom is -0.488 e. The van der Waals surface area contributed by atoms with Gasteiger partial charge in [0, 0.05) is 16.5 Å². The van der Waals surface area contributed by atoms with E-state index in [2.05, 4.69) is 28.0 Å². The van der Waals surface area contributed by atoms with Crippen LogP contribution in [0.4, 0.5) is 0 Å². The lowest BCUT2D eigenvalue weighted by atomic mass is 10.0. The lowest BCUT2D eigenvalue weighted by Gasteiger charge is -2.13. The Bertz CT molecular complexity index is 1760. The minimum absolute atomic E-state index is 0.209. The van der Waals surface area contributed by atoms with Crippen LogP contribution in [-0.4, -0.2) is 22.7 Å². The second-order valence-corrected chi connectivity index (χ2v) is 9.89. The van der Waals surface area contributed by atoms with Crippen molar-refractivity contribution in [2.75, 3.05) is 6.79 Å². The number of hydrogen-bond donors (Lipinski definition) is 0. The summed E-state index contributed by atoms with van der Waals surface area (Å²) in [6.45, 7) is 2.62. The molecule has 1 aromatic heterocycles. The van der Waals surface area contributed by atoms with E-state index in [-0.39, 0.29) is 12.4 Å².